The van der Waals surface area contributed by atoms with Crippen molar-refractivity contribution >= 4 is 10.0 Å². The van der Waals surface area contributed by atoms with Gasteiger partial charge in [0.25, 0.3) is 0 Å². The van der Waals surface area contributed by atoms with Crippen molar-refractivity contribution in [2.45, 2.75) is 39.1 Å². The average Bonchev–Trinajstić information content (AvgIpc) is 2.48. The lowest BCUT2D eigenvalue weighted by Gasteiger charge is -2.16. The third-order valence-corrected chi connectivity index (χ3v) is 5.75. The minimum atomic E-state index is -3.89. The van der Waals surface area contributed by atoms with Crippen LogP contribution < -0.4 is 4.72 Å². The number of hydrogen-bond acceptors (Lipinski definition) is 2. The van der Waals surface area contributed by atoms with Gasteiger partial charge in [0.05, 0.1) is 4.90 Å². The molecule has 0 radical (unpaired) electrons. The SMILES string of the molecule is Cc1cc(C)c(C)c(S(=O)(=O)NCc2cc(F)c(F)c(F)c2)c1C. The molecular formula is C17H18F3NO2S. The van der Waals surface area contributed by atoms with Gasteiger partial charge in [-0.2, -0.15) is 0 Å². The first kappa shape index (κ1) is 18.5. The number of halogens is 3. The Labute approximate surface area is 139 Å². The van der Waals surface area contributed by atoms with Crippen LogP contribution >= 0.6 is 0 Å². The molecule has 0 saturated heterocycles. The third kappa shape index (κ3) is 3.47. The standard InChI is InChI=1S/C17H18F3NO2S/c1-9-5-10(2)12(4)17(11(9)3)24(22,23)21-8-13-6-14(18)16(20)15(19)7-13/h5-7,21H,8H2,1-4H3. The van der Waals surface area contributed by atoms with E-state index in [-0.39, 0.29) is 17.0 Å². The summed E-state index contributed by atoms with van der Waals surface area (Å²) in [6, 6.07) is 3.43. The Bertz CT molecular complexity index is 859. The fourth-order valence-corrected chi connectivity index (χ4v) is 4.17. The van der Waals surface area contributed by atoms with Crippen LogP contribution in [0.5, 0.6) is 0 Å². The molecule has 0 saturated carbocycles. The van der Waals surface area contributed by atoms with E-state index >= 15 is 0 Å². The van der Waals surface area contributed by atoms with Crippen molar-refractivity contribution in [1.29, 1.82) is 0 Å². The van der Waals surface area contributed by atoms with E-state index in [0.29, 0.717) is 11.1 Å². The van der Waals surface area contributed by atoms with Crippen LogP contribution in [0.15, 0.2) is 23.1 Å². The molecule has 0 aliphatic rings. The van der Waals surface area contributed by atoms with Crippen LogP contribution in [0.4, 0.5) is 13.2 Å². The van der Waals surface area contributed by atoms with Crippen molar-refractivity contribution in [3.63, 3.8) is 0 Å². The molecule has 0 amide bonds. The van der Waals surface area contributed by atoms with Crippen molar-refractivity contribution in [3.05, 3.63) is 63.5 Å². The fourth-order valence-electron chi connectivity index (χ4n) is 2.54. The lowest BCUT2D eigenvalue weighted by molar-refractivity contribution is 0.445. The summed E-state index contributed by atoms with van der Waals surface area (Å²) in [5, 5.41) is 0. The summed E-state index contributed by atoms with van der Waals surface area (Å²) in [5.41, 5.74) is 2.88. The highest BCUT2D eigenvalue weighted by Crippen LogP contribution is 2.26. The molecule has 0 aliphatic carbocycles. The summed E-state index contributed by atoms with van der Waals surface area (Å²) in [5.74, 6) is -4.30. The summed E-state index contributed by atoms with van der Waals surface area (Å²) in [4.78, 5) is 0.156. The van der Waals surface area contributed by atoms with E-state index in [1.165, 1.54) is 0 Å². The maximum absolute atomic E-state index is 13.2. The maximum Gasteiger partial charge on any atom is 0.241 e. The van der Waals surface area contributed by atoms with E-state index in [4.69, 9.17) is 0 Å². The molecule has 7 heteroatoms. The highest BCUT2D eigenvalue weighted by atomic mass is 32.2. The van der Waals surface area contributed by atoms with Gasteiger partial charge in [-0.3, -0.25) is 0 Å². The summed E-state index contributed by atoms with van der Waals surface area (Å²) in [6.45, 7) is 6.68. The minimum absolute atomic E-state index is 0.00495. The van der Waals surface area contributed by atoms with Crippen LogP contribution in [0.1, 0.15) is 27.8 Å². The van der Waals surface area contributed by atoms with E-state index < -0.39 is 27.5 Å². The Kier molecular flexibility index (Phi) is 5.05. The van der Waals surface area contributed by atoms with Gasteiger partial charge in [0.15, 0.2) is 17.5 Å². The van der Waals surface area contributed by atoms with Gasteiger partial charge in [-0.1, -0.05) is 6.07 Å². The zero-order valence-electron chi connectivity index (χ0n) is 13.8. The number of nitrogens with one attached hydrogen (secondary N) is 1. The second kappa shape index (κ2) is 6.57. The summed E-state index contributed by atoms with van der Waals surface area (Å²) in [6.07, 6.45) is 0. The molecule has 2 aromatic carbocycles. The Morgan fingerprint density at radius 2 is 1.33 bits per heavy atom. The quantitative estimate of drug-likeness (QED) is 0.846. The predicted molar refractivity (Wildman–Crippen MR) is 85.7 cm³/mol. The highest BCUT2D eigenvalue weighted by Gasteiger charge is 2.22. The Morgan fingerprint density at radius 1 is 0.875 bits per heavy atom. The number of aryl methyl sites for hydroxylation is 2. The van der Waals surface area contributed by atoms with Gasteiger partial charge < -0.3 is 0 Å². The summed E-state index contributed by atoms with van der Waals surface area (Å²) < 4.78 is 67.0. The van der Waals surface area contributed by atoms with Crippen LogP contribution in [0.25, 0.3) is 0 Å². The largest absolute Gasteiger partial charge is 0.241 e. The van der Waals surface area contributed by atoms with Gasteiger partial charge in [-0.05, 0) is 67.6 Å². The lowest BCUT2D eigenvalue weighted by Crippen LogP contribution is -2.25. The molecule has 0 spiro atoms. The van der Waals surface area contributed by atoms with Crippen molar-refractivity contribution in [1.82, 2.24) is 4.72 Å². The second-order valence-electron chi connectivity index (χ2n) is 5.79. The summed E-state index contributed by atoms with van der Waals surface area (Å²) >= 11 is 0. The van der Waals surface area contributed by atoms with Crippen LogP contribution in [0.2, 0.25) is 0 Å². The third-order valence-electron chi connectivity index (χ3n) is 4.08. The van der Waals surface area contributed by atoms with E-state index in [2.05, 4.69) is 4.72 Å². The van der Waals surface area contributed by atoms with Crippen LogP contribution in [-0.2, 0) is 16.6 Å². The normalized spacial score (nSPS) is 11.8. The van der Waals surface area contributed by atoms with Crippen molar-refractivity contribution < 1.29 is 21.6 Å². The average molecular weight is 357 g/mol. The first-order chi connectivity index (χ1) is 11.0. The molecule has 0 atom stereocenters. The topological polar surface area (TPSA) is 46.2 Å². The molecule has 0 heterocycles. The molecule has 1 N–H and O–H groups in total. The Morgan fingerprint density at radius 3 is 1.79 bits per heavy atom. The number of sulfonamides is 1. The number of rotatable bonds is 4. The molecule has 0 aliphatic heterocycles. The zero-order valence-corrected chi connectivity index (χ0v) is 14.6. The molecule has 24 heavy (non-hydrogen) atoms. The molecular weight excluding hydrogens is 339 g/mol. The van der Waals surface area contributed by atoms with Gasteiger partial charge in [0, 0.05) is 6.54 Å². The molecule has 2 rings (SSSR count). The molecule has 0 aromatic heterocycles. The van der Waals surface area contributed by atoms with Crippen molar-refractivity contribution in [2.24, 2.45) is 0 Å². The van der Waals surface area contributed by atoms with Crippen LogP contribution in [0.3, 0.4) is 0 Å². The van der Waals surface area contributed by atoms with Crippen LogP contribution in [0, 0.1) is 45.1 Å². The number of hydrogen-bond donors (Lipinski definition) is 1. The monoisotopic (exact) mass is 357 g/mol. The van der Waals surface area contributed by atoms with Crippen molar-refractivity contribution in [3.8, 4) is 0 Å². The van der Waals surface area contributed by atoms with E-state index in [1.807, 2.05) is 19.9 Å². The molecule has 130 valence electrons. The van der Waals surface area contributed by atoms with Gasteiger partial charge in [-0.15, -0.1) is 0 Å². The summed E-state index contributed by atoms with van der Waals surface area (Å²) in [7, 11) is -3.89. The lowest BCUT2D eigenvalue weighted by atomic mass is 10.0. The second-order valence-corrected chi connectivity index (χ2v) is 7.49. The molecule has 3 nitrogen and oxygen atoms in total. The van der Waals surface area contributed by atoms with E-state index in [0.717, 1.165) is 23.3 Å². The Hall–Kier alpha value is -1.86. The number of benzene rings is 2. The van der Waals surface area contributed by atoms with Crippen molar-refractivity contribution in [2.75, 3.05) is 0 Å². The molecule has 0 bridgehead atoms. The van der Waals surface area contributed by atoms with Gasteiger partial charge in [0.2, 0.25) is 10.0 Å². The molecule has 0 unspecified atom stereocenters. The smallest absolute Gasteiger partial charge is 0.207 e. The Balaban J connectivity index is 2.37. The zero-order chi connectivity index (χ0) is 18.2. The van der Waals surface area contributed by atoms with Crippen LogP contribution in [-0.4, -0.2) is 8.42 Å². The van der Waals surface area contributed by atoms with Gasteiger partial charge in [-0.25, -0.2) is 26.3 Å². The maximum atomic E-state index is 13.2. The molecule has 0 fully saturated rings. The molecule has 2 aromatic rings. The van der Waals surface area contributed by atoms with Gasteiger partial charge >= 0.3 is 0 Å². The minimum Gasteiger partial charge on any atom is -0.207 e. The first-order valence-corrected chi connectivity index (χ1v) is 8.73. The highest BCUT2D eigenvalue weighted by molar-refractivity contribution is 7.89. The first-order valence-electron chi connectivity index (χ1n) is 7.25. The van der Waals surface area contributed by atoms with E-state index in [1.54, 1.807) is 13.8 Å². The predicted octanol–water partition coefficient (Wildman–Crippen LogP) is 3.82. The fraction of sp³-hybridized carbons (Fsp3) is 0.294. The van der Waals surface area contributed by atoms with Gasteiger partial charge in [0.1, 0.15) is 0 Å². The van der Waals surface area contributed by atoms with E-state index in [9.17, 15) is 21.6 Å².